The summed E-state index contributed by atoms with van der Waals surface area (Å²) in [4.78, 5) is 12.4. The molecular formula is C22H17N3O4. The van der Waals surface area contributed by atoms with Crippen LogP contribution in [-0.2, 0) is 0 Å². The van der Waals surface area contributed by atoms with Crippen LogP contribution in [0.25, 0.3) is 22.1 Å². The average Bonchev–Trinajstić information content (AvgIpc) is 3.28. The van der Waals surface area contributed by atoms with Crippen LogP contribution >= 0.6 is 0 Å². The van der Waals surface area contributed by atoms with Gasteiger partial charge in [-0.05, 0) is 42.8 Å². The second kappa shape index (κ2) is 7.85. The fraction of sp³-hybridized carbons (Fsp3) is 0.0455. The maximum Gasteiger partial charge on any atom is 0.344 e. The molecule has 4 aromatic rings. The van der Waals surface area contributed by atoms with Gasteiger partial charge in [0.25, 0.3) is 0 Å². The summed E-state index contributed by atoms with van der Waals surface area (Å²) in [6.07, 6.45) is 1.50. The zero-order valence-corrected chi connectivity index (χ0v) is 15.5. The molecule has 4 rings (SSSR count). The molecule has 0 amide bonds. The molecule has 0 aliphatic carbocycles. The standard InChI is InChI=1S/C22H17N3O4/c1-14(25-27)21(19-8-5-11-28-19)24-23-17-10-9-16-12-18(15-6-3-2-4-7-15)22(26)29-20(16)13-17/h2-13,23,27H,1H3. The molecular weight excluding hydrogens is 370 g/mol. The quantitative estimate of drug-likeness (QED) is 0.223. The van der Waals surface area contributed by atoms with Crippen molar-refractivity contribution in [2.24, 2.45) is 10.3 Å². The molecule has 0 bridgehead atoms. The highest BCUT2D eigenvalue weighted by Crippen LogP contribution is 2.23. The normalized spacial score (nSPS) is 12.3. The Hall–Kier alpha value is -4.13. The first kappa shape index (κ1) is 18.2. The fourth-order valence-electron chi connectivity index (χ4n) is 2.90. The molecule has 0 aliphatic heterocycles. The predicted molar refractivity (Wildman–Crippen MR) is 112 cm³/mol. The van der Waals surface area contributed by atoms with Crippen molar-refractivity contribution in [2.75, 3.05) is 5.43 Å². The zero-order chi connectivity index (χ0) is 20.2. The minimum atomic E-state index is -0.413. The van der Waals surface area contributed by atoms with Crippen molar-refractivity contribution in [1.82, 2.24) is 0 Å². The van der Waals surface area contributed by atoms with Crippen LogP contribution in [0.2, 0.25) is 0 Å². The second-order valence-corrected chi connectivity index (χ2v) is 6.30. The van der Waals surface area contributed by atoms with Crippen molar-refractivity contribution in [3.05, 3.63) is 89.2 Å². The number of nitrogens with zero attached hydrogens (tertiary/aromatic N) is 2. The number of oxime groups is 1. The van der Waals surface area contributed by atoms with Crippen LogP contribution in [0.1, 0.15) is 12.7 Å². The summed E-state index contributed by atoms with van der Waals surface area (Å²) in [6, 6.07) is 19.9. The number of hydrogen-bond donors (Lipinski definition) is 2. The number of rotatable bonds is 5. The van der Waals surface area contributed by atoms with Gasteiger partial charge in [0.05, 0.1) is 17.5 Å². The van der Waals surface area contributed by atoms with E-state index < -0.39 is 5.63 Å². The third-order valence-electron chi connectivity index (χ3n) is 4.36. The first-order valence-corrected chi connectivity index (χ1v) is 8.85. The second-order valence-electron chi connectivity index (χ2n) is 6.30. The highest BCUT2D eigenvalue weighted by molar-refractivity contribution is 6.46. The van der Waals surface area contributed by atoms with E-state index in [2.05, 4.69) is 15.7 Å². The van der Waals surface area contributed by atoms with E-state index in [4.69, 9.17) is 14.0 Å². The lowest BCUT2D eigenvalue weighted by atomic mass is 10.1. The van der Waals surface area contributed by atoms with E-state index >= 15 is 0 Å². The third-order valence-corrected chi connectivity index (χ3v) is 4.36. The molecule has 0 saturated heterocycles. The Bertz CT molecular complexity index is 1260. The molecule has 0 unspecified atom stereocenters. The van der Waals surface area contributed by atoms with Crippen LogP contribution in [0.5, 0.6) is 0 Å². The molecule has 0 fully saturated rings. The molecule has 0 saturated carbocycles. The third kappa shape index (κ3) is 3.79. The van der Waals surface area contributed by atoms with E-state index in [1.807, 2.05) is 42.5 Å². The summed E-state index contributed by atoms with van der Waals surface area (Å²) in [5.74, 6) is 0.452. The largest absolute Gasteiger partial charge is 0.463 e. The Balaban J connectivity index is 1.68. The molecule has 0 radical (unpaired) electrons. The van der Waals surface area contributed by atoms with Gasteiger partial charge < -0.3 is 14.0 Å². The summed E-state index contributed by atoms with van der Waals surface area (Å²) in [5, 5.41) is 17.3. The topological polar surface area (TPSA) is 100 Å². The molecule has 2 aromatic carbocycles. The molecule has 0 spiro atoms. The van der Waals surface area contributed by atoms with Crippen LogP contribution in [-0.4, -0.2) is 16.6 Å². The minimum Gasteiger partial charge on any atom is -0.463 e. The number of hydrogen-bond acceptors (Lipinski definition) is 7. The van der Waals surface area contributed by atoms with Gasteiger partial charge in [-0.3, -0.25) is 5.43 Å². The lowest BCUT2D eigenvalue weighted by molar-refractivity contribution is 0.319. The number of fused-ring (bicyclic) bond motifs is 1. The van der Waals surface area contributed by atoms with E-state index in [9.17, 15) is 4.79 Å². The van der Waals surface area contributed by atoms with Crippen LogP contribution in [0, 0.1) is 0 Å². The maximum atomic E-state index is 12.4. The zero-order valence-electron chi connectivity index (χ0n) is 15.5. The van der Waals surface area contributed by atoms with Crippen LogP contribution < -0.4 is 11.1 Å². The monoisotopic (exact) mass is 387 g/mol. The molecule has 0 aliphatic rings. The van der Waals surface area contributed by atoms with Gasteiger partial charge in [-0.1, -0.05) is 35.5 Å². The van der Waals surface area contributed by atoms with E-state index in [-0.39, 0.29) is 5.71 Å². The van der Waals surface area contributed by atoms with Crippen molar-refractivity contribution < 1.29 is 14.0 Å². The highest BCUT2D eigenvalue weighted by atomic mass is 16.4. The van der Waals surface area contributed by atoms with Crippen LogP contribution in [0.3, 0.4) is 0 Å². The van der Waals surface area contributed by atoms with Gasteiger partial charge in [0, 0.05) is 11.5 Å². The summed E-state index contributed by atoms with van der Waals surface area (Å²) in [6.45, 7) is 1.60. The summed E-state index contributed by atoms with van der Waals surface area (Å²) >= 11 is 0. The Kier molecular flexibility index (Phi) is 4.94. The highest BCUT2D eigenvalue weighted by Gasteiger charge is 2.12. The van der Waals surface area contributed by atoms with Crippen LogP contribution in [0.15, 0.2) is 96.9 Å². The number of furan rings is 1. The predicted octanol–water partition coefficient (Wildman–Crippen LogP) is 4.72. The Morgan fingerprint density at radius 3 is 2.59 bits per heavy atom. The lowest BCUT2D eigenvalue weighted by Crippen LogP contribution is -2.13. The summed E-state index contributed by atoms with van der Waals surface area (Å²) in [7, 11) is 0. The lowest BCUT2D eigenvalue weighted by Gasteiger charge is -2.06. The van der Waals surface area contributed by atoms with Gasteiger partial charge in [-0.25, -0.2) is 4.79 Å². The van der Waals surface area contributed by atoms with Crippen molar-refractivity contribution in [2.45, 2.75) is 6.92 Å². The summed E-state index contributed by atoms with van der Waals surface area (Å²) in [5.41, 5.74) is 5.44. The molecule has 29 heavy (non-hydrogen) atoms. The van der Waals surface area contributed by atoms with Crippen molar-refractivity contribution >= 4 is 28.1 Å². The van der Waals surface area contributed by atoms with E-state index in [1.165, 1.54) is 6.26 Å². The van der Waals surface area contributed by atoms with Gasteiger partial charge in [0.1, 0.15) is 11.3 Å². The first-order chi connectivity index (χ1) is 14.2. The van der Waals surface area contributed by atoms with E-state index in [1.54, 1.807) is 31.2 Å². The molecule has 144 valence electrons. The average molecular weight is 387 g/mol. The van der Waals surface area contributed by atoms with Crippen LogP contribution in [0.4, 0.5) is 5.69 Å². The molecule has 2 aromatic heterocycles. The molecule has 2 heterocycles. The Morgan fingerprint density at radius 2 is 1.86 bits per heavy atom. The van der Waals surface area contributed by atoms with E-state index in [0.717, 1.165) is 10.9 Å². The molecule has 7 nitrogen and oxygen atoms in total. The first-order valence-electron chi connectivity index (χ1n) is 8.85. The van der Waals surface area contributed by atoms with Crippen molar-refractivity contribution in [1.29, 1.82) is 0 Å². The minimum absolute atomic E-state index is 0.285. The van der Waals surface area contributed by atoms with Gasteiger partial charge in [-0.2, -0.15) is 5.10 Å². The number of anilines is 1. The SMILES string of the molecule is CC(=NO)C(=NNc1ccc2cc(-c3ccccc3)c(=O)oc2c1)c1ccco1. The number of benzene rings is 2. The summed E-state index contributed by atoms with van der Waals surface area (Å²) < 4.78 is 10.8. The Labute approximate surface area is 165 Å². The Morgan fingerprint density at radius 1 is 1.03 bits per heavy atom. The van der Waals surface area contributed by atoms with Gasteiger partial charge in [0.2, 0.25) is 0 Å². The number of hydrazone groups is 1. The van der Waals surface area contributed by atoms with Crippen molar-refractivity contribution in [3.63, 3.8) is 0 Å². The fourth-order valence-corrected chi connectivity index (χ4v) is 2.90. The maximum absolute atomic E-state index is 12.4. The van der Waals surface area contributed by atoms with Crippen molar-refractivity contribution in [3.8, 4) is 11.1 Å². The molecule has 7 heteroatoms. The van der Waals surface area contributed by atoms with Gasteiger partial charge in [0.15, 0.2) is 11.5 Å². The van der Waals surface area contributed by atoms with E-state index in [0.29, 0.717) is 28.3 Å². The smallest absolute Gasteiger partial charge is 0.344 e. The molecule has 0 atom stereocenters. The molecule has 2 N–H and O–H groups in total. The van der Waals surface area contributed by atoms with Gasteiger partial charge in [-0.15, -0.1) is 0 Å². The van der Waals surface area contributed by atoms with Gasteiger partial charge >= 0.3 is 5.63 Å². The number of nitrogens with one attached hydrogen (secondary N) is 1.